The number of piperazine rings is 1. The van der Waals surface area contributed by atoms with Crippen molar-refractivity contribution < 1.29 is 9.66 Å². The summed E-state index contributed by atoms with van der Waals surface area (Å²) in [6.45, 7) is 8.70. The number of aliphatic imine (C=N–C) groups is 1. The Balaban J connectivity index is 0.00000480. The van der Waals surface area contributed by atoms with Gasteiger partial charge in [-0.3, -0.25) is 20.0 Å². The summed E-state index contributed by atoms with van der Waals surface area (Å²) in [6, 6.07) is 19.9. The van der Waals surface area contributed by atoms with Gasteiger partial charge in [-0.2, -0.15) is 0 Å². The number of benzene rings is 3. The highest BCUT2D eigenvalue weighted by atomic mass is 127. The number of rotatable bonds is 11. The Morgan fingerprint density at radius 3 is 2.52 bits per heavy atom. The summed E-state index contributed by atoms with van der Waals surface area (Å²) in [5, 5.41) is 16.4. The predicted octanol–water partition coefficient (Wildman–Crippen LogP) is 7.46. The van der Waals surface area contributed by atoms with Crippen molar-refractivity contribution in [3.8, 4) is 5.75 Å². The van der Waals surface area contributed by atoms with Crippen LogP contribution in [0.3, 0.4) is 0 Å². The first-order chi connectivity index (χ1) is 21.8. The lowest BCUT2D eigenvalue weighted by atomic mass is 10.1. The van der Waals surface area contributed by atoms with Crippen LogP contribution in [-0.2, 0) is 13.0 Å². The SMILES string of the molecule is Br.CCOc1cc(N2CCN(C(=NCC3CCCN3Cc3ccc(I)cc3)NCCc3ccc(Cl)cc3Cl)CC2)ccc1[N+](=O)[O-]. The maximum absolute atomic E-state index is 11.5. The average molecular weight is 846 g/mol. The minimum atomic E-state index is -0.399. The van der Waals surface area contributed by atoms with Crippen LogP contribution in [0, 0.1) is 13.7 Å². The highest BCUT2D eigenvalue weighted by Crippen LogP contribution is 2.32. The smallest absolute Gasteiger partial charge is 0.311 e. The Labute approximate surface area is 305 Å². The first-order valence-corrected chi connectivity index (χ1v) is 17.3. The summed E-state index contributed by atoms with van der Waals surface area (Å²) in [5.41, 5.74) is 3.28. The lowest BCUT2D eigenvalue weighted by molar-refractivity contribution is -0.385. The molecule has 1 unspecified atom stereocenters. The van der Waals surface area contributed by atoms with Crippen molar-refractivity contribution in [3.63, 3.8) is 0 Å². The van der Waals surface area contributed by atoms with Crippen LogP contribution in [-0.4, -0.2) is 79.1 Å². The third-order valence-electron chi connectivity index (χ3n) is 8.33. The first-order valence-electron chi connectivity index (χ1n) is 15.4. The van der Waals surface area contributed by atoms with E-state index in [1.165, 1.54) is 21.6 Å². The molecule has 13 heteroatoms. The number of nitro groups is 1. The minimum absolute atomic E-state index is 0. The summed E-state index contributed by atoms with van der Waals surface area (Å²) in [7, 11) is 0. The molecule has 3 aromatic rings. The van der Waals surface area contributed by atoms with E-state index in [0.717, 1.165) is 75.9 Å². The van der Waals surface area contributed by atoms with Gasteiger partial charge in [-0.05, 0) is 96.8 Å². The zero-order valence-corrected chi connectivity index (χ0v) is 31.2. The van der Waals surface area contributed by atoms with E-state index in [4.69, 9.17) is 32.9 Å². The summed E-state index contributed by atoms with van der Waals surface area (Å²) < 4.78 is 6.84. The Hall–Kier alpha value is -2.32. The Kier molecular flexibility index (Phi) is 14.1. The number of anilines is 1. The van der Waals surface area contributed by atoms with E-state index in [1.807, 2.05) is 25.1 Å². The highest BCUT2D eigenvalue weighted by Gasteiger charge is 2.26. The van der Waals surface area contributed by atoms with E-state index >= 15 is 0 Å². The molecule has 3 aromatic carbocycles. The van der Waals surface area contributed by atoms with Gasteiger partial charge in [-0.25, -0.2) is 0 Å². The number of nitrogens with zero attached hydrogens (tertiary/aromatic N) is 5. The minimum Gasteiger partial charge on any atom is -0.487 e. The van der Waals surface area contributed by atoms with Gasteiger partial charge < -0.3 is 19.9 Å². The van der Waals surface area contributed by atoms with E-state index in [1.54, 1.807) is 12.1 Å². The Bertz CT molecular complexity index is 1490. The number of nitrogens with one attached hydrogen (secondary N) is 1. The molecule has 46 heavy (non-hydrogen) atoms. The van der Waals surface area contributed by atoms with Crippen molar-refractivity contribution in [1.29, 1.82) is 0 Å². The summed E-state index contributed by atoms with van der Waals surface area (Å²) in [6.07, 6.45) is 3.07. The number of hydrogen-bond acceptors (Lipinski definition) is 6. The highest BCUT2D eigenvalue weighted by molar-refractivity contribution is 14.1. The maximum atomic E-state index is 11.5. The molecule has 0 bridgehead atoms. The fraction of sp³-hybridized carbons (Fsp3) is 0.424. The molecule has 2 saturated heterocycles. The maximum Gasteiger partial charge on any atom is 0.311 e. The predicted molar refractivity (Wildman–Crippen MR) is 201 cm³/mol. The molecule has 2 heterocycles. The standard InChI is InChI=1S/C33H39Cl2IN6O3.BrH/c1-2-45-32-21-28(11-12-31(32)42(43)44)39-16-18-40(19-17-39)33(37-14-13-25-7-8-26(34)20-30(25)35)38-22-29-4-3-15-41(29)23-24-5-9-27(36)10-6-24;/h5-12,20-21,29H,2-4,13-19,22-23H2,1H3,(H,37,38);1H. The van der Waals surface area contributed by atoms with Gasteiger partial charge in [0.05, 0.1) is 18.1 Å². The second-order valence-electron chi connectivity index (χ2n) is 11.3. The lowest BCUT2D eigenvalue weighted by Gasteiger charge is -2.38. The number of ether oxygens (including phenoxy) is 1. The second-order valence-corrected chi connectivity index (χ2v) is 13.4. The molecule has 9 nitrogen and oxygen atoms in total. The Morgan fingerprint density at radius 1 is 1.07 bits per heavy atom. The average Bonchev–Trinajstić information content (AvgIpc) is 3.47. The van der Waals surface area contributed by atoms with Crippen molar-refractivity contribution in [3.05, 3.63) is 95.5 Å². The molecule has 0 spiro atoms. The number of halogens is 4. The van der Waals surface area contributed by atoms with Gasteiger partial charge in [0.2, 0.25) is 0 Å². The topological polar surface area (TPSA) is 86.5 Å². The monoisotopic (exact) mass is 844 g/mol. The van der Waals surface area contributed by atoms with E-state index < -0.39 is 4.92 Å². The normalized spacial score (nSPS) is 17.1. The second kappa shape index (κ2) is 17.7. The van der Waals surface area contributed by atoms with E-state index in [2.05, 4.69) is 66.9 Å². The molecule has 1 atom stereocenters. The molecule has 2 fully saturated rings. The van der Waals surface area contributed by atoms with Crippen LogP contribution < -0.4 is 15.0 Å². The molecule has 0 radical (unpaired) electrons. The molecular formula is C33H40BrCl2IN6O3. The van der Waals surface area contributed by atoms with Crippen LogP contribution in [0.15, 0.2) is 65.7 Å². The zero-order valence-electron chi connectivity index (χ0n) is 25.8. The number of nitro benzene ring substituents is 1. The summed E-state index contributed by atoms with van der Waals surface area (Å²) >= 11 is 14.9. The molecule has 248 valence electrons. The van der Waals surface area contributed by atoms with Gasteiger partial charge in [0.1, 0.15) is 0 Å². The van der Waals surface area contributed by atoms with Gasteiger partial charge in [-0.15, -0.1) is 17.0 Å². The van der Waals surface area contributed by atoms with E-state index in [-0.39, 0.29) is 22.7 Å². The molecular weight excluding hydrogens is 806 g/mol. The van der Waals surface area contributed by atoms with Gasteiger partial charge in [0.25, 0.3) is 0 Å². The third kappa shape index (κ3) is 9.85. The lowest BCUT2D eigenvalue weighted by Crippen LogP contribution is -2.53. The molecule has 2 aliphatic rings. The summed E-state index contributed by atoms with van der Waals surface area (Å²) in [4.78, 5) is 23.4. The Morgan fingerprint density at radius 2 is 1.83 bits per heavy atom. The van der Waals surface area contributed by atoms with Crippen molar-refractivity contribution >= 4 is 80.1 Å². The molecule has 0 aliphatic carbocycles. The van der Waals surface area contributed by atoms with Crippen LogP contribution in [0.5, 0.6) is 5.75 Å². The molecule has 0 amide bonds. The van der Waals surface area contributed by atoms with Crippen molar-refractivity contribution in [2.24, 2.45) is 4.99 Å². The van der Waals surface area contributed by atoms with Crippen LogP contribution in [0.25, 0.3) is 0 Å². The number of likely N-dealkylation sites (tertiary alicyclic amines) is 1. The molecule has 0 saturated carbocycles. The van der Waals surface area contributed by atoms with E-state index in [9.17, 15) is 10.1 Å². The number of guanidine groups is 1. The molecule has 1 N–H and O–H groups in total. The van der Waals surface area contributed by atoms with Gasteiger partial charge in [-0.1, -0.05) is 41.4 Å². The number of hydrogen-bond donors (Lipinski definition) is 1. The van der Waals surface area contributed by atoms with Crippen molar-refractivity contribution in [2.45, 2.75) is 38.8 Å². The molecule has 0 aromatic heterocycles. The van der Waals surface area contributed by atoms with Crippen LogP contribution in [0.2, 0.25) is 10.0 Å². The largest absolute Gasteiger partial charge is 0.487 e. The fourth-order valence-electron chi connectivity index (χ4n) is 5.93. The van der Waals surface area contributed by atoms with Crippen molar-refractivity contribution in [1.82, 2.24) is 15.1 Å². The quantitative estimate of drug-likeness (QED) is 0.0706. The third-order valence-corrected chi connectivity index (χ3v) is 9.63. The van der Waals surface area contributed by atoms with Crippen LogP contribution in [0.1, 0.15) is 30.9 Å². The molecule has 2 aliphatic heterocycles. The van der Waals surface area contributed by atoms with E-state index in [0.29, 0.717) is 35.0 Å². The van der Waals surface area contributed by atoms with Crippen molar-refractivity contribution in [2.75, 3.05) is 57.3 Å². The van der Waals surface area contributed by atoms with Crippen LogP contribution >= 0.6 is 62.8 Å². The van der Waals surface area contributed by atoms with Gasteiger partial charge in [0, 0.05) is 76.7 Å². The van der Waals surface area contributed by atoms with Gasteiger partial charge >= 0.3 is 5.69 Å². The fourth-order valence-corrected chi connectivity index (χ4v) is 6.79. The first kappa shape index (κ1) is 36.5. The van der Waals surface area contributed by atoms with Crippen LogP contribution in [0.4, 0.5) is 11.4 Å². The zero-order chi connectivity index (χ0) is 31.8. The van der Waals surface area contributed by atoms with Gasteiger partial charge in [0.15, 0.2) is 11.7 Å². The molecule has 5 rings (SSSR count). The summed E-state index contributed by atoms with van der Waals surface area (Å²) in [5.74, 6) is 1.21.